The van der Waals surface area contributed by atoms with E-state index >= 15 is 0 Å². The molecule has 1 saturated heterocycles. The molecule has 1 aliphatic rings. The Hall–Kier alpha value is -3.59. The van der Waals surface area contributed by atoms with E-state index in [0.29, 0.717) is 36.3 Å². The molecule has 0 bridgehead atoms. The Morgan fingerprint density at radius 1 is 1.03 bits per heavy atom. The summed E-state index contributed by atoms with van der Waals surface area (Å²) in [5.41, 5.74) is 1.97. The second kappa shape index (κ2) is 11.7. The van der Waals surface area contributed by atoms with E-state index in [4.69, 9.17) is 18.7 Å². The van der Waals surface area contributed by atoms with E-state index in [2.05, 4.69) is 20.4 Å². The summed E-state index contributed by atoms with van der Waals surface area (Å²) in [6.45, 7) is 2.80. The molecule has 1 N–H and O–H groups in total. The average molecular weight is 481 g/mol. The number of nitrogens with zero attached hydrogens (tertiary/aromatic N) is 3. The zero-order valence-corrected chi connectivity index (χ0v) is 20.5. The number of likely N-dealkylation sites (tertiary alicyclic amines) is 1. The summed E-state index contributed by atoms with van der Waals surface area (Å²) in [7, 11) is 4.87. The predicted molar refractivity (Wildman–Crippen MR) is 131 cm³/mol. The second-order valence-corrected chi connectivity index (χ2v) is 8.52. The van der Waals surface area contributed by atoms with Gasteiger partial charge >= 0.3 is 0 Å². The van der Waals surface area contributed by atoms with Gasteiger partial charge in [0.15, 0.2) is 11.5 Å². The van der Waals surface area contributed by atoms with Crippen LogP contribution in [0.4, 0.5) is 0 Å². The molecule has 0 unspecified atom stereocenters. The molecule has 0 atom stereocenters. The summed E-state index contributed by atoms with van der Waals surface area (Å²) < 4.78 is 21.3. The fraction of sp³-hybridized carbons (Fsp3) is 0.423. The Morgan fingerprint density at radius 3 is 2.46 bits per heavy atom. The van der Waals surface area contributed by atoms with Crippen molar-refractivity contribution in [2.24, 2.45) is 5.92 Å². The van der Waals surface area contributed by atoms with E-state index in [1.807, 2.05) is 42.5 Å². The molecule has 1 aromatic heterocycles. The molecule has 2 aromatic carbocycles. The molecule has 0 spiro atoms. The number of methoxy groups -OCH3 is 3. The normalized spacial score (nSPS) is 14.5. The Bertz CT molecular complexity index is 1110. The second-order valence-electron chi connectivity index (χ2n) is 8.52. The first-order valence-electron chi connectivity index (χ1n) is 11.8. The number of piperidine rings is 1. The summed E-state index contributed by atoms with van der Waals surface area (Å²) in [6.07, 6.45) is 2.35. The number of rotatable bonds is 10. The number of nitrogens with one attached hydrogen (secondary N) is 1. The number of amides is 1. The molecule has 9 heteroatoms. The minimum Gasteiger partial charge on any atom is -0.497 e. The van der Waals surface area contributed by atoms with E-state index < -0.39 is 0 Å². The fourth-order valence-electron chi connectivity index (χ4n) is 4.23. The maximum Gasteiger partial charge on any atom is 0.241 e. The van der Waals surface area contributed by atoms with Crippen LogP contribution >= 0.6 is 0 Å². The number of benzene rings is 2. The number of hydrogen-bond donors (Lipinski definition) is 1. The zero-order valence-electron chi connectivity index (χ0n) is 20.5. The quantitative estimate of drug-likeness (QED) is 0.472. The molecule has 0 radical (unpaired) electrons. The van der Waals surface area contributed by atoms with Crippen molar-refractivity contribution in [2.45, 2.75) is 25.8 Å². The lowest BCUT2D eigenvalue weighted by atomic mass is 9.96. The van der Waals surface area contributed by atoms with Crippen LogP contribution in [0.15, 0.2) is 47.0 Å². The van der Waals surface area contributed by atoms with Crippen molar-refractivity contribution in [3.8, 4) is 28.6 Å². The summed E-state index contributed by atoms with van der Waals surface area (Å²) in [4.78, 5) is 19.4. The Labute approximate surface area is 205 Å². The van der Waals surface area contributed by atoms with Crippen molar-refractivity contribution in [3.05, 3.63) is 53.9 Å². The van der Waals surface area contributed by atoms with Crippen molar-refractivity contribution in [3.63, 3.8) is 0 Å². The predicted octanol–water partition coefficient (Wildman–Crippen LogP) is 3.33. The third-order valence-electron chi connectivity index (χ3n) is 6.29. The Morgan fingerprint density at radius 2 is 1.77 bits per heavy atom. The minimum atomic E-state index is 0.0224. The van der Waals surface area contributed by atoms with Gasteiger partial charge in [-0.1, -0.05) is 11.2 Å². The molecule has 1 aliphatic heterocycles. The van der Waals surface area contributed by atoms with Gasteiger partial charge in [0.25, 0.3) is 0 Å². The molecule has 2 heterocycles. The van der Waals surface area contributed by atoms with Gasteiger partial charge < -0.3 is 24.1 Å². The molecular formula is C26H32N4O5. The van der Waals surface area contributed by atoms with Gasteiger partial charge in [0, 0.05) is 18.0 Å². The molecule has 1 amide bonds. The first-order chi connectivity index (χ1) is 17.1. The van der Waals surface area contributed by atoms with Crippen LogP contribution in [0.5, 0.6) is 17.2 Å². The number of hydrogen-bond acceptors (Lipinski definition) is 8. The van der Waals surface area contributed by atoms with Gasteiger partial charge in [0.1, 0.15) is 5.75 Å². The molecule has 0 saturated carbocycles. The molecule has 3 aromatic rings. The van der Waals surface area contributed by atoms with Gasteiger partial charge in [-0.3, -0.25) is 9.69 Å². The lowest BCUT2D eigenvalue weighted by Gasteiger charge is -2.30. The van der Waals surface area contributed by atoms with Crippen LogP contribution in [-0.2, 0) is 17.8 Å². The van der Waals surface area contributed by atoms with Crippen LogP contribution < -0.4 is 19.5 Å². The third-order valence-corrected chi connectivity index (χ3v) is 6.29. The number of ether oxygens (including phenoxy) is 3. The van der Waals surface area contributed by atoms with Crippen molar-refractivity contribution in [1.29, 1.82) is 0 Å². The molecule has 9 nitrogen and oxygen atoms in total. The first kappa shape index (κ1) is 24.5. The van der Waals surface area contributed by atoms with Crippen LogP contribution in [0.1, 0.15) is 24.3 Å². The third kappa shape index (κ3) is 6.30. The van der Waals surface area contributed by atoms with E-state index in [0.717, 1.165) is 49.2 Å². The highest BCUT2D eigenvalue weighted by Crippen LogP contribution is 2.27. The standard InChI is InChI=1S/C26H32N4O5/c1-32-21-7-5-19(6-8-21)25-28-24(35-29-25)17-30-14-11-20(12-15-30)26(31)27-13-10-18-4-9-22(33-2)23(16-18)34-3/h4-9,16,20H,10-15,17H2,1-3H3,(H,27,31). The average Bonchev–Trinajstić information content (AvgIpc) is 3.37. The molecule has 186 valence electrons. The van der Waals surface area contributed by atoms with Crippen LogP contribution in [0.3, 0.4) is 0 Å². The highest BCUT2D eigenvalue weighted by molar-refractivity contribution is 5.78. The van der Waals surface area contributed by atoms with Crippen molar-refractivity contribution in [1.82, 2.24) is 20.4 Å². The molecule has 0 aliphatic carbocycles. The van der Waals surface area contributed by atoms with Gasteiger partial charge in [-0.15, -0.1) is 0 Å². The summed E-state index contributed by atoms with van der Waals surface area (Å²) in [5, 5.41) is 7.18. The maximum atomic E-state index is 12.7. The van der Waals surface area contributed by atoms with Gasteiger partial charge in [0.05, 0.1) is 27.9 Å². The molecular weight excluding hydrogens is 448 g/mol. The number of carbonyl (C=O) groups excluding carboxylic acids is 1. The summed E-state index contributed by atoms with van der Waals surface area (Å²) in [6, 6.07) is 13.4. The van der Waals surface area contributed by atoms with E-state index in [1.165, 1.54) is 0 Å². The highest BCUT2D eigenvalue weighted by Gasteiger charge is 2.26. The van der Waals surface area contributed by atoms with Crippen molar-refractivity contribution in [2.75, 3.05) is 41.0 Å². The zero-order chi connectivity index (χ0) is 24.6. The Balaban J connectivity index is 1.20. The fourth-order valence-corrected chi connectivity index (χ4v) is 4.23. The van der Waals surface area contributed by atoms with Crippen LogP contribution in [0.25, 0.3) is 11.4 Å². The summed E-state index contributed by atoms with van der Waals surface area (Å²) >= 11 is 0. The number of carbonyl (C=O) groups is 1. The van der Waals surface area contributed by atoms with Crippen molar-refractivity contribution < 1.29 is 23.5 Å². The lowest BCUT2D eigenvalue weighted by Crippen LogP contribution is -2.40. The maximum absolute atomic E-state index is 12.7. The van der Waals surface area contributed by atoms with Gasteiger partial charge in [0.2, 0.25) is 17.6 Å². The summed E-state index contributed by atoms with van der Waals surface area (Å²) in [5.74, 6) is 3.45. The van der Waals surface area contributed by atoms with Gasteiger partial charge in [-0.05, 0) is 74.3 Å². The Kier molecular flexibility index (Phi) is 8.20. The molecule has 35 heavy (non-hydrogen) atoms. The largest absolute Gasteiger partial charge is 0.497 e. The highest BCUT2D eigenvalue weighted by atomic mass is 16.5. The number of aromatic nitrogens is 2. The minimum absolute atomic E-state index is 0.0224. The topological polar surface area (TPSA) is 99.0 Å². The van der Waals surface area contributed by atoms with Gasteiger partial charge in [-0.25, -0.2) is 0 Å². The van der Waals surface area contributed by atoms with Gasteiger partial charge in [-0.2, -0.15) is 4.98 Å². The molecule has 1 fully saturated rings. The van der Waals surface area contributed by atoms with Crippen LogP contribution in [0, 0.1) is 5.92 Å². The first-order valence-corrected chi connectivity index (χ1v) is 11.8. The lowest BCUT2D eigenvalue weighted by molar-refractivity contribution is -0.126. The monoisotopic (exact) mass is 480 g/mol. The molecule has 4 rings (SSSR count). The van der Waals surface area contributed by atoms with E-state index in [-0.39, 0.29) is 11.8 Å². The SMILES string of the molecule is COc1ccc(-c2noc(CN3CCC(C(=O)NCCc4ccc(OC)c(OC)c4)CC3)n2)cc1. The smallest absolute Gasteiger partial charge is 0.241 e. The van der Waals surface area contributed by atoms with Crippen molar-refractivity contribution >= 4 is 5.91 Å². The van der Waals surface area contributed by atoms with E-state index in [9.17, 15) is 4.79 Å². The van der Waals surface area contributed by atoms with Crippen LogP contribution in [0.2, 0.25) is 0 Å². The van der Waals surface area contributed by atoms with Crippen LogP contribution in [-0.4, -0.2) is 61.9 Å². The van der Waals surface area contributed by atoms with E-state index in [1.54, 1.807) is 21.3 Å².